The highest BCUT2D eigenvalue weighted by Crippen LogP contribution is 2.09. The summed E-state index contributed by atoms with van der Waals surface area (Å²) in [7, 11) is 1.66. The van der Waals surface area contributed by atoms with Crippen molar-refractivity contribution < 1.29 is 9.53 Å². The molecule has 2 unspecified atom stereocenters. The predicted molar refractivity (Wildman–Crippen MR) is 70.7 cm³/mol. The molecule has 0 aromatic carbocycles. The third-order valence-corrected chi connectivity index (χ3v) is 3.02. The molecule has 0 spiro atoms. The molecule has 0 fully saturated rings. The number of nitrogens with one attached hydrogen (secondary N) is 1. The van der Waals surface area contributed by atoms with Crippen LogP contribution >= 0.6 is 0 Å². The van der Waals surface area contributed by atoms with Crippen molar-refractivity contribution in [2.24, 2.45) is 17.6 Å². The summed E-state index contributed by atoms with van der Waals surface area (Å²) in [5.41, 5.74) is 5.48. The van der Waals surface area contributed by atoms with Crippen molar-refractivity contribution in [1.29, 1.82) is 0 Å². The standard InChI is InChI=1S/C13H28N2O2/c1-10(2)12(9-17-4)15-13(16)6-5-11(3)7-8-14/h10-12H,5-9,14H2,1-4H3,(H,15,16). The normalized spacial score (nSPS) is 14.7. The van der Waals surface area contributed by atoms with Crippen LogP contribution < -0.4 is 11.1 Å². The van der Waals surface area contributed by atoms with Crippen LogP contribution in [0.3, 0.4) is 0 Å². The van der Waals surface area contributed by atoms with Crippen molar-refractivity contribution >= 4 is 5.91 Å². The van der Waals surface area contributed by atoms with Gasteiger partial charge < -0.3 is 15.8 Å². The van der Waals surface area contributed by atoms with Gasteiger partial charge in [-0.1, -0.05) is 20.8 Å². The van der Waals surface area contributed by atoms with E-state index in [0.717, 1.165) is 12.8 Å². The van der Waals surface area contributed by atoms with Gasteiger partial charge in [-0.3, -0.25) is 4.79 Å². The van der Waals surface area contributed by atoms with Gasteiger partial charge in [0.05, 0.1) is 12.6 Å². The Balaban J connectivity index is 3.89. The zero-order valence-corrected chi connectivity index (χ0v) is 11.7. The second kappa shape index (κ2) is 9.42. The molecule has 4 heteroatoms. The molecule has 0 saturated heterocycles. The average molecular weight is 244 g/mol. The van der Waals surface area contributed by atoms with Gasteiger partial charge in [0.1, 0.15) is 0 Å². The fourth-order valence-electron chi connectivity index (χ4n) is 1.67. The largest absolute Gasteiger partial charge is 0.383 e. The van der Waals surface area contributed by atoms with E-state index in [4.69, 9.17) is 10.5 Å². The Kier molecular flexibility index (Phi) is 9.09. The number of carbonyl (C=O) groups is 1. The molecule has 0 bridgehead atoms. The molecule has 3 N–H and O–H groups in total. The van der Waals surface area contributed by atoms with Crippen LogP contribution in [0.5, 0.6) is 0 Å². The first-order valence-electron chi connectivity index (χ1n) is 6.49. The predicted octanol–water partition coefficient (Wildman–Crippen LogP) is 1.54. The van der Waals surface area contributed by atoms with E-state index >= 15 is 0 Å². The van der Waals surface area contributed by atoms with E-state index in [9.17, 15) is 4.79 Å². The number of nitrogens with two attached hydrogens (primary N) is 1. The van der Waals surface area contributed by atoms with Crippen LogP contribution in [0.1, 0.15) is 40.0 Å². The van der Waals surface area contributed by atoms with Crippen LogP contribution in [-0.2, 0) is 9.53 Å². The third-order valence-electron chi connectivity index (χ3n) is 3.02. The van der Waals surface area contributed by atoms with Crippen LogP contribution in [0.2, 0.25) is 0 Å². The smallest absolute Gasteiger partial charge is 0.220 e. The summed E-state index contributed by atoms with van der Waals surface area (Å²) in [6, 6.07) is 0.109. The Bertz CT molecular complexity index is 208. The maximum absolute atomic E-state index is 11.7. The molecule has 102 valence electrons. The number of hydrogen-bond donors (Lipinski definition) is 2. The van der Waals surface area contributed by atoms with Gasteiger partial charge in [0.2, 0.25) is 5.91 Å². The molecule has 1 amide bonds. The summed E-state index contributed by atoms with van der Waals surface area (Å²) in [5, 5.41) is 3.02. The van der Waals surface area contributed by atoms with E-state index in [1.165, 1.54) is 0 Å². The molecular formula is C13H28N2O2. The van der Waals surface area contributed by atoms with Crippen LogP contribution in [-0.4, -0.2) is 32.2 Å². The van der Waals surface area contributed by atoms with E-state index in [-0.39, 0.29) is 11.9 Å². The van der Waals surface area contributed by atoms with Crippen molar-refractivity contribution in [2.75, 3.05) is 20.3 Å². The number of ether oxygens (including phenoxy) is 1. The van der Waals surface area contributed by atoms with E-state index in [0.29, 0.717) is 31.4 Å². The third kappa shape index (κ3) is 8.16. The minimum atomic E-state index is 0.109. The summed E-state index contributed by atoms with van der Waals surface area (Å²) in [6.45, 7) is 7.57. The molecule has 0 saturated carbocycles. The second-order valence-electron chi connectivity index (χ2n) is 5.09. The van der Waals surface area contributed by atoms with Gasteiger partial charge in [0, 0.05) is 13.5 Å². The first-order chi connectivity index (χ1) is 8.01. The number of methoxy groups -OCH3 is 1. The maximum Gasteiger partial charge on any atom is 0.220 e. The van der Waals surface area contributed by atoms with Gasteiger partial charge in [-0.05, 0) is 31.2 Å². The topological polar surface area (TPSA) is 64.3 Å². The Labute approximate surface area is 105 Å². The van der Waals surface area contributed by atoms with Gasteiger partial charge in [-0.2, -0.15) is 0 Å². The van der Waals surface area contributed by atoms with Crippen LogP contribution in [0.4, 0.5) is 0 Å². The van der Waals surface area contributed by atoms with Gasteiger partial charge in [0.25, 0.3) is 0 Å². The molecule has 4 nitrogen and oxygen atoms in total. The van der Waals surface area contributed by atoms with Crippen LogP contribution in [0.25, 0.3) is 0 Å². The lowest BCUT2D eigenvalue weighted by atomic mass is 10.0. The average Bonchev–Trinajstić information content (AvgIpc) is 2.26. The fraction of sp³-hybridized carbons (Fsp3) is 0.923. The lowest BCUT2D eigenvalue weighted by molar-refractivity contribution is -0.122. The maximum atomic E-state index is 11.7. The lowest BCUT2D eigenvalue weighted by Crippen LogP contribution is -2.41. The van der Waals surface area contributed by atoms with Crippen molar-refractivity contribution in [3.63, 3.8) is 0 Å². The zero-order chi connectivity index (χ0) is 13.3. The van der Waals surface area contributed by atoms with E-state index in [2.05, 4.69) is 26.1 Å². The summed E-state index contributed by atoms with van der Waals surface area (Å²) in [6.07, 6.45) is 2.47. The van der Waals surface area contributed by atoms with E-state index in [1.54, 1.807) is 7.11 Å². The highest BCUT2D eigenvalue weighted by atomic mass is 16.5. The van der Waals surface area contributed by atoms with Crippen molar-refractivity contribution in [2.45, 2.75) is 46.1 Å². The number of hydrogen-bond acceptors (Lipinski definition) is 3. The molecule has 0 aromatic heterocycles. The molecule has 0 aliphatic heterocycles. The molecule has 0 aliphatic rings. The van der Waals surface area contributed by atoms with Gasteiger partial charge >= 0.3 is 0 Å². The Morgan fingerprint density at radius 3 is 2.41 bits per heavy atom. The molecule has 0 rings (SSSR count). The highest BCUT2D eigenvalue weighted by molar-refractivity contribution is 5.76. The molecule has 2 atom stereocenters. The monoisotopic (exact) mass is 244 g/mol. The minimum absolute atomic E-state index is 0.109. The first kappa shape index (κ1) is 16.4. The van der Waals surface area contributed by atoms with Crippen molar-refractivity contribution in [1.82, 2.24) is 5.32 Å². The van der Waals surface area contributed by atoms with Gasteiger partial charge in [0.15, 0.2) is 0 Å². The summed E-state index contributed by atoms with van der Waals surface area (Å²) in [4.78, 5) is 11.7. The molecule has 0 radical (unpaired) electrons. The Hall–Kier alpha value is -0.610. The zero-order valence-electron chi connectivity index (χ0n) is 11.7. The SMILES string of the molecule is COCC(NC(=O)CCC(C)CCN)C(C)C. The molecule has 0 heterocycles. The lowest BCUT2D eigenvalue weighted by Gasteiger charge is -2.21. The highest BCUT2D eigenvalue weighted by Gasteiger charge is 2.16. The molecule has 0 aromatic rings. The molecular weight excluding hydrogens is 216 g/mol. The molecule has 17 heavy (non-hydrogen) atoms. The summed E-state index contributed by atoms with van der Waals surface area (Å²) < 4.78 is 5.10. The molecule has 0 aliphatic carbocycles. The van der Waals surface area contributed by atoms with Gasteiger partial charge in [-0.15, -0.1) is 0 Å². The van der Waals surface area contributed by atoms with E-state index in [1.807, 2.05) is 0 Å². The number of rotatable bonds is 9. The fourth-order valence-corrected chi connectivity index (χ4v) is 1.67. The summed E-state index contributed by atoms with van der Waals surface area (Å²) >= 11 is 0. The summed E-state index contributed by atoms with van der Waals surface area (Å²) in [5.74, 6) is 1.02. The minimum Gasteiger partial charge on any atom is -0.383 e. The number of carbonyl (C=O) groups excluding carboxylic acids is 1. The van der Waals surface area contributed by atoms with Crippen LogP contribution in [0.15, 0.2) is 0 Å². The van der Waals surface area contributed by atoms with Crippen molar-refractivity contribution in [3.05, 3.63) is 0 Å². The second-order valence-corrected chi connectivity index (χ2v) is 5.09. The van der Waals surface area contributed by atoms with Gasteiger partial charge in [-0.25, -0.2) is 0 Å². The Morgan fingerprint density at radius 1 is 1.29 bits per heavy atom. The van der Waals surface area contributed by atoms with E-state index < -0.39 is 0 Å². The van der Waals surface area contributed by atoms with Crippen molar-refractivity contribution in [3.8, 4) is 0 Å². The van der Waals surface area contributed by atoms with Crippen LogP contribution in [0, 0.1) is 11.8 Å². The quantitative estimate of drug-likeness (QED) is 0.646. The first-order valence-corrected chi connectivity index (χ1v) is 6.49. The number of amides is 1. The Morgan fingerprint density at radius 2 is 1.94 bits per heavy atom.